The number of rotatable bonds is 6. The number of hydrogen-bond acceptors (Lipinski definition) is 4. The minimum atomic E-state index is -3.73. The van der Waals surface area contributed by atoms with Crippen LogP contribution in [0.4, 0.5) is 5.69 Å². The fraction of sp³-hybridized carbons (Fsp3) is 0.250. The standard InChI is InChI=1S/C12H15ClN4O2S/c1-2-14-6-9-3-4-11(13)12(5-9)20(18,19)17-10-7-15-16-8-10/h3-5,7-8,14,17H,2,6H2,1H3,(H,15,16). The van der Waals surface area contributed by atoms with E-state index in [1.54, 1.807) is 18.2 Å². The van der Waals surface area contributed by atoms with Crippen LogP contribution in [0.25, 0.3) is 0 Å². The van der Waals surface area contributed by atoms with E-state index >= 15 is 0 Å². The molecule has 0 spiro atoms. The van der Waals surface area contributed by atoms with Crippen molar-refractivity contribution in [1.29, 1.82) is 0 Å². The highest BCUT2D eigenvalue weighted by Crippen LogP contribution is 2.24. The van der Waals surface area contributed by atoms with Gasteiger partial charge in [0.25, 0.3) is 10.0 Å². The molecule has 1 aromatic carbocycles. The van der Waals surface area contributed by atoms with Gasteiger partial charge in [0, 0.05) is 12.7 Å². The predicted octanol–water partition coefficient (Wildman–Crippen LogP) is 1.97. The summed E-state index contributed by atoms with van der Waals surface area (Å²) in [6.07, 6.45) is 2.84. The summed E-state index contributed by atoms with van der Waals surface area (Å²) in [5.74, 6) is 0. The van der Waals surface area contributed by atoms with Crippen LogP contribution in [0.3, 0.4) is 0 Å². The third-order valence-corrected chi connectivity index (χ3v) is 4.48. The highest BCUT2D eigenvalue weighted by atomic mass is 35.5. The molecule has 8 heteroatoms. The molecule has 0 atom stereocenters. The number of aromatic amines is 1. The van der Waals surface area contributed by atoms with Crippen molar-refractivity contribution in [1.82, 2.24) is 15.5 Å². The lowest BCUT2D eigenvalue weighted by Gasteiger charge is -2.10. The number of nitrogens with one attached hydrogen (secondary N) is 3. The van der Waals surface area contributed by atoms with Crippen LogP contribution in [0.15, 0.2) is 35.5 Å². The summed E-state index contributed by atoms with van der Waals surface area (Å²) >= 11 is 5.99. The summed E-state index contributed by atoms with van der Waals surface area (Å²) in [5, 5.41) is 9.54. The van der Waals surface area contributed by atoms with Crippen LogP contribution in [0.5, 0.6) is 0 Å². The second kappa shape index (κ2) is 6.25. The third kappa shape index (κ3) is 3.50. The molecular formula is C12H15ClN4O2S. The Morgan fingerprint density at radius 3 is 2.85 bits per heavy atom. The van der Waals surface area contributed by atoms with E-state index in [1.165, 1.54) is 12.4 Å². The van der Waals surface area contributed by atoms with E-state index in [4.69, 9.17) is 11.6 Å². The van der Waals surface area contributed by atoms with Crippen LogP contribution in [-0.4, -0.2) is 25.2 Å². The molecule has 108 valence electrons. The Bertz CT molecular complexity index is 671. The van der Waals surface area contributed by atoms with E-state index in [9.17, 15) is 8.42 Å². The molecule has 3 N–H and O–H groups in total. The second-order valence-corrected chi connectivity index (χ2v) is 6.20. The maximum Gasteiger partial charge on any atom is 0.263 e. The molecular weight excluding hydrogens is 300 g/mol. The van der Waals surface area contributed by atoms with E-state index in [2.05, 4.69) is 20.2 Å². The number of aromatic nitrogens is 2. The summed E-state index contributed by atoms with van der Waals surface area (Å²) < 4.78 is 27.0. The summed E-state index contributed by atoms with van der Waals surface area (Å²) in [6, 6.07) is 4.94. The van der Waals surface area contributed by atoms with Gasteiger partial charge in [-0.25, -0.2) is 8.42 Å². The molecule has 6 nitrogen and oxygen atoms in total. The summed E-state index contributed by atoms with van der Waals surface area (Å²) in [6.45, 7) is 3.37. The van der Waals surface area contributed by atoms with E-state index < -0.39 is 10.0 Å². The first kappa shape index (κ1) is 14.8. The molecule has 1 aromatic heterocycles. The fourth-order valence-electron chi connectivity index (χ4n) is 1.65. The molecule has 0 amide bonds. The molecule has 2 rings (SSSR count). The first-order valence-electron chi connectivity index (χ1n) is 6.03. The summed E-state index contributed by atoms with van der Waals surface area (Å²) in [5.41, 5.74) is 1.21. The quantitative estimate of drug-likeness (QED) is 0.761. The summed E-state index contributed by atoms with van der Waals surface area (Å²) in [7, 11) is -3.73. The number of halogens is 1. The van der Waals surface area contributed by atoms with Crippen LogP contribution in [-0.2, 0) is 16.6 Å². The molecule has 20 heavy (non-hydrogen) atoms. The van der Waals surface area contributed by atoms with E-state index in [0.717, 1.165) is 12.1 Å². The minimum absolute atomic E-state index is 0.0516. The van der Waals surface area contributed by atoms with Gasteiger partial charge in [-0.3, -0.25) is 9.82 Å². The third-order valence-electron chi connectivity index (χ3n) is 2.61. The first-order chi connectivity index (χ1) is 9.53. The number of nitrogens with zero attached hydrogens (tertiary/aromatic N) is 1. The van der Waals surface area contributed by atoms with Crippen molar-refractivity contribution in [3.05, 3.63) is 41.2 Å². The Hall–Kier alpha value is -1.57. The Labute approximate surface area is 122 Å². The second-order valence-electron chi connectivity index (χ2n) is 4.14. The molecule has 0 aliphatic rings. The predicted molar refractivity (Wildman–Crippen MR) is 78.2 cm³/mol. The van der Waals surface area contributed by atoms with Gasteiger partial charge in [0.05, 0.1) is 16.9 Å². The molecule has 0 fully saturated rings. The molecule has 0 saturated heterocycles. The van der Waals surface area contributed by atoms with Crippen molar-refractivity contribution in [3.63, 3.8) is 0 Å². The zero-order valence-corrected chi connectivity index (χ0v) is 12.4. The van der Waals surface area contributed by atoms with E-state index in [-0.39, 0.29) is 9.92 Å². The Morgan fingerprint density at radius 1 is 1.40 bits per heavy atom. The van der Waals surface area contributed by atoms with Gasteiger partial charge in [0.15, 0.2) is 0 Å². The van der Waals surface area contributed by atoms with Crippen molar-refractivity contribution in [2.75, 3.05) is 11.3 Å². The van der Waals surface area contributed by atoms with Crippen LogP contribution >= 0.6 is 11.6 Å². The van der Waals surface area contributed by atoms with Gasteiger partial charge >= 0.3 is 0 Å². The topological polar surface area (TPSA) is 86.9 Å². The number of H-pyrrole nitrogens is 1. The highest BCUT2D eigenvalue weighted by Gasteiger charge is 2.19. The van der Waals surface area contributed by atoms with Gasteiger partial charge in [-0.1, -0.05) is 24.6 Å². The van der Waals surface area contributed by atoms with Gasteiger partial charge < -0.3 is 5.32 Å². The maximum atomic E-state index is 12.3. The number of benzene rings is 1. The van der Waals surface area contributed by atoms with E-state index in [1.807, 2.05) is 6.92 Å². The molecule has 0 unspecified atom stereocenters. The molecule has 2 aromatic rings. The van der Waals surface area contributed by atoms with Gasteiger partial charge in [-0.05, 0) is 24.2 Å². The minimum Gasteiger partial charge on any atom is -0.313 e. The van der Waals surface area contributed by atoms with Crippen molar-refractivity contribution in [3.8, 4) is 0 Å². The SMILES string of the molecule is CCNCc1ccc(Cl)c(S(=O)(=O)Nc2cn[nH]c2)c1. The van der Waals surface area contributed by atoms with Gasteiger partial charge in [0.1, 0.15) is 4.90 Å². The largest absolute Gasteiger partial charge is 0.313 e. The van der Waals surface area contributed by atoms with Crippen molar-refractivity contribution in [2.24, 2.45) is 0 Å². The number of anilines is 1. The lowest BCUT2D eigenvalue weighted by Crippen LogP contribution is -2.15. The lowest BCUT2D eigenvalue weighted by atomic mass is 10.2. The molecule has 0 radical (unpaired) electrons. The Morgan fingerprint density at radius 2 is 2.20 bits per heavy atom. The molecule has 0 bridgehead atoms. The highest BCUT2D eigenvalue weighted by molar-refractivity contribution is 7.92. The summed E-state index contributed by atoms with van der Waals surface area (Å²) in [4.78, 5) is 0.0516. The number of sulfonamides is 1. The van der Waals surface area contributed by atoms with Crippen LogP contribution in [0.2, 0.25) is 5.02 Å². The number of hydrogen-bond donors (Lipinski definition) is 3. The van der Waals surface area contributed by atoms with Crippen LogP contribution in [0.1, 0.15) is 12.5 Å². The van der Waals surface area contributed by atoms with Gasteiger partial charge in [0.2, 0.25) is 0 Å². The maximum absolute atomic E-state index is 12.3. The average molecular weight is 315 g/mol. The van der Waals surface area contributed by atoms with Gasteiger partial charge in [-0.2, -0.15) is 5.10 Å². The van der Waals surface area contributed by atoms with Crippen LogP contribution in [0, 0.1) is 0 Å². The van der Waals surface area contributed by atoms with Crippen LogP contribution < -0.4 is 10.0 Å². The molecule has 0 saturated carbocycles. The fourth-order valence-corrected chi connectivity index (χ4v) is 3.24. The van der Waals surface area contributed by atoms with Crippen molar-refractivity contribution in [2.45, 2.75) is 18.4 Å². The Balaban J connectivity index is 2.30. The lowest BCUT2D eigenvalue weighted by molar-refractivity contribution is 0.601. The molecule has 0 aliphatic heterocycles. The zero-order chi connectivity index (χ0) is 14.6. The average Bonchev–Trinajstić information content (AvgIpc) is 2.89. The zero-order valence-electron chi connectivity index (χ0n) is 10.9. The molecule has 1 heterocycles. The smallest absolute Gasteiger partial charge is 0.263 e. The van der Waals surface area contributed by atoms with Crippen molar-refractivity contribution >= 4 is 27.3 Å². The van der Waals surface area contributed by atoms with E-state index in [0.29, 0.717) is 12.2 Å². The normalized spacial score (nSPS) is 11.5. The van der Waals surface area contributed by atoms with Gasteiger partial charge in [-0.15, -0.1) is 0 Å². The Kier molecular flexibility index (Phi) is 4.64. The van der Waals surface area contributed by atoms with Crippen molar-refractivity contribution < 1.29 is 8.42 Å². The monoisotopic (exact) mass is 314 g/mol. The first-order valence-corrected chi connectivity index (χ1v) is 7.90. The molecule has 0 aliphatic carbocycles.